The minimum absolute atomic E-state index is 0.189. The third-order valence-corrected chi connectivity index (χ3v) is 3.15. The highest BCUT2D eigenvalue weighted by Crippen LogP contribution is 2.25. The Labute approximate surface area is 138 Å². The molecule has 0 saturated heterocycles. The minimum atomic E-state index is -1.96. The number of hydrogen-bond acceptors (Lipinski definition) is 3. The van der Waals surface area contributed by atoms with Gasteiger partial charge in [0.2, 0.25) is 0 Å². The second-order valence-electron chi connectivity index (χ2n) is 4.26. The minimum Gasteiger partial charge on any atom is -0.352 e. The lowest BCUT2D eigenvalue weighted by Crippen LogP contribution is -2.36. The molecule has 0 saturated carbocycles. The molecule has 5 nitrogen and oxygen atoms in total. The van der Waals surface area contributed by atoms with Crippen molar-refractivity contribution >= 4 is 46.6 Å². The van der Waals surface area contributed by atoms with Crippen molar-refractivity contribution in [3.05, 3.63) is 35.4 Å². The van der Waals surface area contributed by atoms with E-state index in [4.69, 9.17) is 40.5 Å². The van der Waals surface area contributed by atoms with Gasteiger partial charge in [-0.05, 0) is 24.1 Å². The molecule has 0 aliphatic heterocycles. The summed E-state index contributed by atoms with van der Waals surface area (Å²) < 4.78 is -1.96. The maximum absolute atomic E-state index is 11.8. The molecule has 0 bridgehead atoms. The van der Waals surface area contributed by atoms with Crippen LogP contribution < -0.4 is 16.4 Å². The summed E-state index contributed by atoms with van der Waals surface area (Å²) in [6.45, 7) is 1.14. The van der Waals surface area contributed by atoms with Crippen molar-refractivity contribution in [2.75, 3.05) is 13.1 Å². The first kappa shape index (κ1) is 18.0. The van der Waals surface area contributed by atoms with Crippen LogP contribution in [0.15, 0.2) is 24.3 Å². The van der Waals surface area contributed by atoms with Crippen molar-refractivity contribution in [1.29, 1.82) is 0 Å². The molecule has 0 aliphatic rings. The predicted octanol–water partition coefficient (Wildman–Crippen LogP) is 1.75. The molecule has 0 atom stereocenters. The second-order valence-corrected chi connectivity index (χ2v) is 6.55. The average molecular weight is 353 g/mol. The van der Waals surface area contributed by atoms with Gasteiger partial charge in [-0.2, -0.15) is 0 Å². The summed E-state index contributed by atoms with van der Waals surface area (Å²) >= 11 is 16.2. The van der Waals surface area contributed by atoms with Crippen LogP contribution in [0.4, 0.5) is 0 Å². The molecule has 4 N–H and O–H groups in total. The molecule has 0 radical (unpaired) electrons. The molecule has 0 aromatic heterocycles. The van der Waals surface area contributed by atoms with Crippen molar-refractivity contribution in [2.24, 2.45) is 5.73 Å². The zero-order valence-corrected chi connectivity index (χ0v) is 13.4. The van der Waals surface area contributed by atoms with Crippen LogP contribution in [0.3, 0.4) is 0 Å². The van der Waals surface area contributed by atoms with E-state index in [1.54, 1.807) is 24.3 Å². The summed E-state index contributed by atoms with van der Waals surface area (Å²) in [4.78, 5) is 23.0. The Kier molecular flexibility index (Phi) is 7.25. The van der Waals surface area contributed by atoms with E-state index in [-0.39, 0.29) is 5.91 Å². The number of amides is 2. The Morgan fingerprint density at radius 2 is 1.62 bits per heavy atom. The van der Waals surface area contributed by atoms with E-state index in [1.807, 2.05) is 0 Å². The molecule has 0 unspecified atom stereocenters. The number of alkyl halides is 3. The largest absolute Gasteiger partial charge is 0.352 e. The number of carbonyl (C=O) groups excluding carboxylic acids is 2. The number of benzene rings is 1. The Bertz CT molecular complexity index is 486. The first-order chi connectivity index (χ1) is 9.84. The van der Waals surface area contributed by atoms with Crippen molar-refractivity contribution in [3.63, 3.8) is 0 Å². The number of nitrogens with two attached hydrogens (primary N) is 1. The van der Waals surface area contributed by atoms with Gasteiger partial charge in [-0.3, -0.25) is 9.59 Å². The maximum atomic E-state index is 11.8. The highest BCUT2D eigenvalue weighted by molar-refractivity contribution is 6.76. The summed E-state index contributed by atoms with van der Waals surface area (Å²) in [5.41, 5.74) is 6.99. The monoisotopic (exact) mass is 351 g/mol. The van der Waals surface area contributed by atoms with Gasteiger partial charge in [0.25, 0.3) is 15.6 Å². The predicted molar refractivity (Wildman–Crippen MR) is 84.6 cm³/mol. The van der Waals surface area contributed by atoms with Crippen LogP contribution in [-0.4, -0.2) is 28.7 Å². The van der Waals surface area contributed by atoms with Crippen LogP contribution in [0.1, 0.15) is 22.3 Å². The van der Waals surface area contributed by atoms with E-state index in [1.165, 1.54) is 0 Å². The van der Waals surface area contributed by atoms with Gasteiger partial charge < -0.3 is 16.4 Å². The lowest BCUT2D eigenvalue weighted by Gasteiger charge is -2.11. The molecular formula is C13H16Cl3N3O2. The van der Waals surface area contributed by atoms with Crippen molar-refractivity contribution in [2.45, 2.75) is 16.8 Å². The Morgan fingerprint density at radius 1 is 1.05 bits per heavy atom. The Morgan fingerprint density at radius 3 is 2.14 bits per heavy atom. The number of halogens is 3. The smallest absolute Gasteiger partial charge is 0.272 e. The SMILES string of the molecule is NCc1ccc(C(=O)NCCCNC(=O)C(Cl)(Cl)Cl)cc1. The number of rotatable bonds is 6. The topological polar surface area (TPSA) is 84.2 Å². The van der Waals surface area contributed by atoms with Gasteiger partial charge >= 0.3 is 0 Å². The lowest BCUT2D eigenvalue weighted by molar-refractivity contribution is -0.120. The molecule has 1 rings (SSSR count). The van der Waals surface area contributed by atoms with Crippen molar-refractivity contribution in [1.82, 2.24) is 10.6 Å². The Hall–Kier alpha value is -1.01. The van der Waals surface area contributed by atoms with Crippen molar-refractivity contribution < 1.29 is 9.59 Å². The van der Waals surface area contributed by atoms with Crippen LogP contribution in [0.25, 0.3) is 0 Å². The van der Waals surface area contributed by atoms with Gasteiger partial charge in [-0.1, -0.05) is 46.9 Å². The fourth-order valence-corrected chi connectivity index (χ4v) is 1.69. The van der Waals surface area contributed by atoms with Crippen LogP contribution in [0.2, 0.25) is 0 Å². The first-order valence-corrected chi connectivity index (χ1v) is 7.40. The summed E-state index contributed by atoms with van der Waals surface area (Å²) in [5, 5.41) is 5.18. The molecule has 2 amide bonds. The normalized spacial score (nSPS) is 11.0. The number of nitrogens with one attached hydrogen (secondary N) is 2. The van der Waals surface area contributed by atoms with Gasteiger partial charge in [0.1, 0.15) is 0 Å². The van der Waals surface area contributed by atoms with E-state index < -0.39 is 9.70 Å². The van der Waals surface area contributed by atoms with Crippen LogP contribution >= 0.6 is 34.8 Å². The van der Waals surface area contributed by atoms with E-state index in [9.17, 15) is 9.59 Å². The fourth-order valence-electron chi connectivity index (χ4n) is 1.49. The highest BCUT2D eigenvalue weighted by Gasteiger charge is 2.29. The molecular weight excluding hydrogens is 337 g/mol. The molecule has 0 aliphatic carbocycles. The van der Waals surface area contributed by atoms with Crippen molar-refractivity contribution in [3.8, 4) is 0 Å². The van der Waals surface area contributed by atoms with Crippen LogP contribution in [0, 0.1) is 0 Å². The molecule has 1 aromatic rings. The molecule has 0 heterocycles. The molecule has 116 valence electrons. The highest BCUT2D eigenvalue weighted by atomic mass is 35.6. The van der Waals surface area contributed by atoms with Gasteiger partial charge in [0, 0.05) is 25.2 Å². The van der Waals surface area contributed by atoms with E-state index >= 15 is 0 Å². The molecule has 0 spiro atoms. The maximum Gasteiger partial charge on any atom is 0.272 e. The third kappa shape index (κ3) is 6.52. The molecule has 21 heavy (non-hydrogen) atoms. The molecule has 1 aromatic carbocycles. The zero-order chi connectivity index (χ0) is 15.9. The van der Waals surface area contributed by atoms with Gasteiger partial charge in [0.15, 0.2) is 0 Å². The zero-order valence-electron chi connectivity index (χ0n) is 11.2. The van der Waals surface area contributed by atoms with E-state index in [0.717, 1.165) is 5.56 Å². The third-order valence-electron chi connectivity index (χ3n) is 2.63. The fraction of sp³-hybridized carbons (Fsp3) is 0.385. The first-order valence-electron chi connectivity index (χ1n) is 6.27. The summed E-state index contributed by atoms with van der Waals surface area (Å²) in [7, 11) is 0. The Balaban J connectivity index is 2.26. The van der Waals surface area contributed by atoms with Crippen LogP contribution in [0.5, 0.6) is 0 Å². The lowest BCUT2D eigenvalue weighted by atomic mass is 10.1. The number of hydrogen-bond donors (Lipinski definition) is 3. The summed E-state index contributed by atoms with van der Waals surface area (Å²) in [5.74, 6) is -0.873. The van der Waals surface area contributed by atoms with E-state index in [2.05, 4.69) is 10.6 Å². The van der Waals surface area contributed by atoms with Gasteiger partial charge in [-0.15, -0.1) is 0 Å². The summed E-state index contributed by atoms with van der Waals surface area (Å²) in [6.07, 6.45) is 0.527. The van der Waals surface area contributed by atoms with Crippen LogP contribution in [-0.2, 0) is 11.3 Å². The molecule has 0 fully saturated rings. The van der Waals surface area contributed by atoms with Gasteiger partial charge in [-0.25, -0.2) is 0 Å². The second kappa shape index (κ2) is 8.44. The summed E-state index contributed by atoms with van der Waals surface area (Å²) in [6, 6.07) is 7.02. The number of carbonyl (C=O) groups is 2. The van der Waals surface area contributed by atoms with Gasteiger partial charge in [0.05, 0.1) is 0 Å². The quantitative estimate of drug-likeness (QED) is 0.539. The molecule has 8 heteroatoms. The average Bonchev–Trinajstić information content (AvgIpc) is 2.45. The van der Waals surface area contributed by atoms with E-state index in [0.29, 0.717) is 31.6 Å². The standard InChI is InChI=1S/C13H16Cl3N3O2/c14-13(15,16)12(21)19-7-1-6-18-11(20)10-4-2-9(8-17)3-5-10/h2-5H,1,6-8,17H2,(H,18,20)(H,19,21).